The van der Waals surface area contributed by atoms with Gasteiger partial charge in [-0.3, -0.25) is 0 Å². The van der Waals surface area contributed by atoms with Crippen LogP contribution in [-0.2, 0) is 17.7 Å². The first-order chi connectivity index (χ1) is 16.5. The second-order valence-electron chi connectivity index (χ2n) is 13.7. The molecular formula is C28H62O4Si5. The van der Waals surface area contributed by atoms with Crippen molar-refractivity contribution in [1.29, 1.82) is 0 Å². The predicted octanol–water partition coefficient (Wildman–Crippen LogP) is 9.21. The second-order valence-corrected chi connectivity index (χ2v) is 32.6. The van der Waals surface area contributed by atoms with Gasteiger partial charge in [0.25, 0.3) is 8.68 Å². The smallest absolute Gasteiger partial charge is 0.273 e. The Morgan fingerprint density at radius 3 is 1.68 bits per heavy atom. The molecule has 0 aromatic heterocycles. The topological polar surface area (TPSA) is 44.8 Å². The van der Waals surface area contributed by atoms with Crippen molar-refractivity contribution in [2.24, 2.45) is 0 Å². The molecule has 9 heteroatoms. The number of hydrogen-bond donors (Lipinski definition) is 0. The van der Waals surface area contributed by atoms with Gasteiger partial charge in [0.2, 0.25) is 16.6 Å². The molecule has 37 heavy (non-hydrogen) atoms. The van der Waals surface area contributed by atoms with Gasteiger partial charge in [0.1, 0.15) is 8.07 Å². The van der Waals surface area contributed by atoms with Crippen LogP contribution < -0.4 is 0 Å². The van der Waals surface area contributed by atoms with E-state index in [1.165, 1.54) is 0 Å². The fourth-order valence-electron chi connectivity index (χ4n) is 5.66. The third kappa shape index (κ3) is 8.86. The van der Waals surface area contributed by atoms with Crippen LogP contribution in [0.2, 0.25) is 70.0 Å². The van der Waals surface area contributed by atoms with E-state index in [1.807, 2.05) is 12.2 Å². The van der Waals surface area contributed by atoms with Crippen LogP contribution in [0.3, 0.4) is 0 Å². The van der Waals surface area contributed by atoms with Crippen LogP contribution in [0, 0.1) is 0 Å². The van der Waals surface area contributed by atoms with E-state index in [1.54, 1.807) is 0 Å². The average Bonchev–Trinajstić information content (AvgIpc) is 2.79. The van der Waals surface area contributed by atoms with Crippen LogP contribution in [0.4, 0.5) is 0 Å². The monoisotopic (exact) mass is 602 g/mol. The average molecular weight is 603 g/mol. The van der Waals surface area contributed by atoms with E-state index in [0.29, 0.717) is 0 Å². The Hall–Kier alpha value is 0.244. The summed E-state index contributed by atoms with van der Waals surface area (Å²) < 4.78 is 34.0. The summed E-state index contributed by atoms with van der Waals surface area (Å²) in [5.74, 6) is 0. The summed E-state index contributed by atoms with van der Waals surface area (Å²) in [7, 11) is -10.3. The third-order valence-corrected chi connectivity index (χ3v) is 26.3. The molecular weight excluding hydrogens is 541 g/mol. The molecule has 0 rings (SSSR count). The Morgan fingerprint density at radius 2 is 1.32 bits per heavy atom. The molecule has 0 bridgehead atoms. The second kappa shape index (κ2) is 13.3. The Labute approximate surface area is 237 Å². The lowest BCUT2D eigenvalue weighted by Crippen LogP contribution is -2.66. The molecule has 4 nitrogen and oxygen atoms in total. The molecule has 0 radical (unpaired) electrons. The Kier molecular flexibility index (Phi) is 13.4. The molecule has 3 atom stereocenters. The first kappa shape index (κ1) is 37.2. The van der Waals surface area contributed by atoms with Crippen molar-refractivity contribution in [3.63, 3.8) is 0 Å². The first-order valence-corrected chi connectivity index (χ1v) is 28.1. The van der Waals surface area contributed by atoms with Crippen molar-refractivity contribution in [2.45, 2.75) is 154 Å². The largest absolute Gasteiger partial charge is 0.414 e. The molecule has 0 aromatic carbocycles. The Balaban J connectivity index is 6.58. The molecule has 0 saturated carbocycles. The maximum absolute atomic E-state index is 12.3. The van der Waals surface area contributed by atoms with Crippen molar-refractivity contribution in [3.8, 4) is 0 Å². The van der Waals surface area contributed by atoms with Gasteiger partial charge in [-0.05, 0) is 91.4 Å². The number of hydrogen-bond acceptors (Lipinski definition) is 4. The summed E-state index contributed by atoms with van der Waals surface area (Å²) >= 11 is 0. The summed E-state index contributed by atoms with van der Waals surface area (Å²) in [6.07, 6.45) is 2.79. The summed E-state index contributed by atoms with van der Waals surface area (Å²) in [4.78, 5) is 0. The highest BCUT2D eigenvalue weighted by atomic mass is 28.4. The number of rotatable bonds is 18. The quantitative estimate of drug-likeness (QED) is 0.147. The third-order valence-electron chi connectivity index (χ3n) is 9.65. The zero-order valence-electron chi connectivity index (χ0n) is 27.3. The molecule has 0 fully saturated rings. The molecule has 3 unspecified atom stereocenters. The minimum absolute atomic E-state index is 0.199. The van der Waals surface area contributed by atoms with Gasteiger partial charge >= 0.3 is 0 Å². The van der Waals surface area contributed by atoms with Gasteiger partial charge in [0, 0.05) is 10.8 Å². The van der Waals surface area contributed by atoms with Gasteiger partial charge in [-0.1, -0.05) is 52.2 Å². The molecule has 0 saturated heterocycles. The summed E-state index contributed by atoms with van der Waals surface area (Å²) in [6, 6.07) is 1.62. The molecule has 0 aliphatic heterocycles. The predicted molar refractivity (Wildman–Crippen MR) is 175 cm³/mol. The van der Waals surface area contributed by atoms with Gasteiger partial charge in [-0.25, -0.2) is 0 Å². The van der Waals surface area contributed by atoms with E-state index < -0.39 is 47.3 Å². The van der Waals surface area contributed by atoms with Crippen LogP contribution in [0.5, 0.6) is 0 Å². The van der Waals surface area contributed by atoms with E-state index in [9.17, 15) is 4.46 Å². The van der Waals surface area contributed by atoms with E-state index in [2.05, 4.69) is 113 Å². The highest BCUT2D eigenvalue weighted by molar-refractivity contribution is 6.86. The lowest BCUT2D eigenvalue weighted by atomic mass is 10.1. The zero-order chi connectivity index (χ0) is 29.7. The molecule has 0 aliphatic carbocycles. The lowest BCUT2D eigenvalue weighted by molar-refractivity contribution is 0.0311. The minimum Gasteiger partial charge on any atom is -0.414 e. The van der Waals surface area contributed by atoms with Crippen molar-refractivity contribution in [3.05, 3.63) is 24.6 Å². The lowest BCUT2D eigenvalue weighted by Gasteiger charge is -2.54. The van der Waals surface area contributed by atoms with Crippen LogP contribution >= 0.6 is 0 Å². The van der Waals surface area contributed by atoms with E-state index >= 15 is 0 Å². The molecule has 0 N–H and O–H groups in total. The fourth-order valence-corrected chi connectivity index (χ4v) is 22.2. The zero-order valence-corrected chi connectivity index (χ0v) is 32.3. The highest BCUT2D eigenvalue weighted by Gasteiger charge is 2.56. The van der Waals surface area contributed by atoms with Crippen molar-refractivity contribution in [1.82, 2.24) is 0 Å². The molecule has 0 heterocycles. The molecule has 218 valence electrons. The fraction of sp³-hybridized carbons (Fsp3) is 0.857. The van der Waals surface area contributed by atoms with Crippen molar-refractivity contribution in [2.75, 3.05) is 0 Å². The SMILES string of the molecule is C=C[Si](C)(C)OC(CC)(CC)[Si](C)(C)OC(C)(C)C(C)[Si](C)(CC[Si](C)=O)OC(C)(CC)[Si](C)(C)C=C. The molecule has 0 aromatic rings. The maximum atomic E-state index is 12.3. The van der Waals surface area contributed by atoms with Crippen LogP contribution in [0.1, 0.15) is 67.7 Å². The summed E-state index contributed by atoms with van der Waals surface area (Å²) in [5, 5.41) is -0.507. The first-order valence-electron chi connectivity index (χ1n) is 14.4. The Morgan fingerprint density at radius 1 is 0.838 bits per heavy atom. The van der Waals surface area contributed by atoms with E-state index in [0.717, 1.165) is 31.4 Å². The maximum Gasteiger partial charge on any atom is 0.273 e. The van der Waals surface area contributed by atoms with Gasteiger partial charge < -0.3 is 17.7 Å². The van der Waals surface area contributed by atoms with Crippen molar-refractivity contribution < 1.29 is 17.7 Å². The van der Waals surface area contributed by atoms with E-state index in [4.69, 9.17) is 13.3 Å². The van der Waals surface area contributed by atoms with Crippen LogP contribution in [0.15, 0.2) is 24.6 Å². The summed E-state index contributed by atoms with van der Waals surface area (Å²) in [6.45, 7) is 42.1. The van der Waals surface area contributed by atoms with Gasteiger partial charge in [-0.15, -0.1) is 13.2 Å². The standard InChI is InChI=1S/C28H62O4Si5/c1-18-27(9,34(11,12)21-4)31-37(17,24-23-33(10)29)25(6)26(7,8)30-36(15,16)28(19-2,20-3)32-35(13,14)22-5/h21-22,25H,4-5,18-20,23-24H2,1-3,6-17H3. The van der Waals surface area contributed by atoms with Gasteiger partial charge in [0.05, 0.1) is 10.8 Å². The van der Waals surface area contributed by atoms with Crippen LogP contribution in [-0.4, -0.2) is 57.8 Å². The van der Waals surface area contributed by atoms with Gasteiger partial charge in [0.15, 0.2) is 8.32 Å². The normalized spacial score (nSPS) is 18.0. The molecule has 0 amide bonds. The van der Waals surface area contributed by atoms with Crippen molar-refractivity contribution >= 4 is 41.7 Å². The van der Waals surface area contributed by atoms with Gasteiger partial charge in [-0.2, -0.15) is 0 Å². The van der Waals surface area contributed by atoms with Crippen LogP contribution in [0.25, 0.3) is 0 Å². The van der Waals surface area contributed by atoms with E-state index in [-0.39, 0.29) is 16.0 Å². The molecule has 0 spiro atoms. The summed E-state index contributed by atoms with van der Waals surface area (Å²) in [5.41, 5.74) is 3.99. The highest BCUT2D eigenvalue weighted by Crippen LogP contribution is 2.47. The molecule has 0 aliphatic rings. The Bertz CT molecular complexity index is 791. The minimum atomic E-state index is -2.41.